The van der Waals surface area contributed by atoms with Crippen LogP contribution in [0.2, 0.25) is 0 Å². The van der Waals surface area contributed by atoms with Gasteiger partial charge in [-0.15, -0.1) is 0 Å². The van der Waals surface area contributed by atoms with Crippen molar-refractivity contribution in [3.63, 3.8) is 0 Å². The topological polar surface area (TPSA) is 90.0 Å². The normalized spacial score (nSPS) is 21.2. The van der Waals surface area contributed by atoms with Gasteiger partial charge in [0.05, 0.1) is 50.1 Å². The summed E-state index contributed by atoms with van der Waals surface area (Å²) in [6, 6.07) is -1.19. The molecular weight excluding hydrogens is 328 g/mol. The number of aromatic nitrogens is 4. The van der Waals surface area contributed by atoms with Gasteiger partial charge >= 0.3 is 0 Å². The summed E-state index contributed by atoms with van der Waals surface area (Å²) in [4.78, 5) is 14.1. The highest BCUT2D eigenvalue weighted by molar-refractivity contribution is 7.84. The second kappa shape index (κ2) is 6.56. The third-order valence-electron chi connectivity index (χ3n) is 2.99. The maximum absolute atomic E-state index is 13.1. The number of hydrogen-bond donors (Lipinski definition) is 1. The summed E-state index contributed by atoms with van der Waals surface area (Å²) in [6.07, 6.45) is -0.781. The molecule has 0 radical (unpaired) electrons. The Morgan fingerprint density at radius 2 is 2.25 bits per heavy atom. The molecule has 0 spiro atoms. The molecule has 126 valence electrons. The highest BCUT2D eigenvalue weighted by atomic mass is 32.2. The number of fused-ring (bicyclic) bond motifs is 1. The zero-order chi connectivity index (χ0) is 27.4. The average Bonchev–Trinajstić information content (AvgIpc) is 3.12. The van der Waals surface area contributed by atoms with Gasteiger partial charge in [0.25, 0.3) is 0 Å². The summed E-state index contributed by atoms with van der Waals surface area (Å²) in [7, 11) is -4.10. The lowest BCUT2D eigenvalue weighted by molar-refractivity contribution is 0.399. The number of H-pyrrole nitrogens is 1. The quantitative estimate of drug-likeness (QED) is 0.753. The lowest BCUT2D eigenvalue weighted by atomic mass is 10.1. The summed E-state index contributed by atoms with van der Waals surface area (Å²) in [6.45, 7) is -5.86. The molecular formula is C16H18N4O3S. The Morgan fingerprint density at radius 3 is 3.00 bits per heavy atom. The van der Waals surface area contributed by atoms with Gasteiger partial charge in [0.1, 0.15) is 5.75 Å². The molecule has 0 saturated heterocycles. The summed E-state index contributed by atoms with van der Waals surface area (Å²) in [5.41, 5.74) is -2.16. The van der Waals surface area contributed by atoms with E-state index in [2.05, 4.69) is 24.7 Å². The Balaban J connectivity index is 2.11. The number of nitrogens with zero attached hydrogens (tertiary/aromatic N) is 3. The van der Waals surface area contributed by atoms with Gasteiger partial charge in [0.15, 0.2) is 10.8 Å². The molecule has 24 heavy (non-hydrogen) atoms. The van der Waals surface area contributed by atoms with Crippen molar-refractivity contribution in [1.29, 1.82) is 0 Å². The molecule has 1 N–H and O–H groups in total. The average molecular weight is 358 g/mol. The van der Waals surface area contributed by atoms with Crippen LogP contribution in [-0.2, 0) is 16.6 Å². The molecule has 1 unspecified atom stereocenters. The molecule has 3 rings (SSSR count). The molecule has 0 amide bonds. The Labute approximate surface area is 158 Å². The van der Waals surface area contributed by atoms with E-state index in [-0.39, 0.29) is 16.3 Å². The lowest BCUT2D eigenvalue weighted by Gasteiger charge is -2.11. The maximum Gasteiger partial charge on any atom is 0.215 e. The first-order valence-corrected chi connectivity index (χ1v) is 7.69. The van der Waals surface area contributed by atoms with Crippen molar-refractivity contribution < 1.29 is 30.1 Å². The van der Waals surface area contributed by atoms with E-state index < -0.39 is 84.0 Å². The Hall–Kier alpha value is -2.48. The fourth-order valence-corrected chi connectivity index (χ4v) is 2.89. The number of rotatable bonds is 5. The number of hydrogen-bond acceptors (Lipinski definition) is 6. The molecule has 0 aliphatic rings. The van der Waals surface area contributed by atoms with Gasteiger partial charge in [-0.1, -0.05) is 0 Å². The standard InChI is InChI=1S/C16H18N4O3S/c1-9-7-17-12(10(2)14(9)23-4)8-24(21)16-18-11-5-6-13(22-3)19-15(11)20-16/h5-7H,8H2,1-4H3,(H,18,19,20)/i1D3,2D3,3D3,5D,6D,7D. The minimum absolute atomic E-state index is 0.151. The van der Waals surface area contributed by atoms with E-state index in [0.717, 1.165) is 7.11 Å². The first-order chi connectivity index (χ1) is 16.3. The van der Waals surface area contributed by atoms with Crippen LogP contribution in [0.3, 0.4) is 0 Å². The van der Waals surface area contributed by atoms with E-state index in [9.17, 15) is 4.21 Å². The molecule has 3 heterocycles. The molecule has 0 aliphatic heterocycles. The van der Waals surface area contributed by atoms with Gasteiger partial charge in [0.2, 0.25) is 5.88 Å². The Bertz CT molecular complexity index is 1350. The molecule has 3 aromatic rings. The van der Waals surface area contributed by atoms with Crippen LogP contribution in [-0.4, -0.2) is 38.3 Å². The molecule has 3 aromatic heterocycles. The first kappa shape index (κ1) is 7.18. The van der Waals surface area contributed by atoms with Gasteiger partial charge in [-0.25, -0.2) is 4.98 Å². The van der Waals surface area contributed by atoms with E-state index in [1.165, 1.54) is 0 Å². The van der Waals surface area contributed by atoms with Crippen molar-refractivity contribution in [2.75, 3.05) is 14.1 Å². The maximum atomic E-state index is 13.1. The SMILES string of the molecule is [2H]c1nc(CS(=O)c2nc3nc(OC([2H])([2H])[2H])c([2H])c([2H])c3[nH]2)c(C([2H])([2H])[2H])c(OC)c1C([2H])([2H])[2H]. The van der Waals surface area contributed by atoms with E-state index in [1.54, 1.807) is 0 Å². The highest BCUT2D eigenvalue weighted by Gasteiger charge is 2.16. The number of pyridine rings is 2. The zero-order valence-electron chi connectivity index (χ0n) is 24.2. The molecule has 0 saturated carbocycles. The fraction of sp³-hybridized carbons (Fsp3) is 0.312. The van der Waals surface area contributed by atoms with Crippen LogP contribution in [0, 0.1) is 13.7 Å². The summed E-state index contributed by atoms with van der Waals surface area (Å²) in [5, 5.41) is -0.319. The number of aromatic amines is 1. The van der Waals surface area contributed by atoms with Crippen molar-refractivity contribution in [1.82, 2.24) is 19.9 Å². The molecule has 0 bridgehead atoms. The van der Waals surface area contributed by atoms with E-state index in [0.29, 0.717) is 0 Å². The second-order valence-corrected chi connectivity index (χ2v) is 5.82. The minimum Gasteiger partial charge on any atom is -0.496 e. The third-order valence-corrected chi connectivity index (χ3v) is 4.15. The molecule has 7 nitrogen and oxygen atoms in total. The molecule has 8 heteroatoms. The van der Waals surface area contributed by atoms with Crippen molar-refractivity contribution in [2.45, 2.75) is 24.6 Å². The van der Waals surface area contributed by atoms with Gasteiger partial charge in [-0.3, -0.25) is 9.19 Å². The van der Waals surface area contributed by atoms with Gasteiger partial charge in [0, 0.05) is 31.6 Å². The summed E-state index contributed by atoms with van der Waals surface area (Å²) in [5.74, 6) is -1.92. The van der Waals surface area contributed by atoms with Gasteiger partial charge in [-0.2, -0.15) is 4.98 Å². The Morgan fingerprint density at radius 1 is 1.33 bits per heavy atom. The molecule has 0 aromatic carbocycles. The monoisotopic (exact) mass is 358 g/mol. The summed E-state index contributed by atoms with van der Waals surface area (Å²) >= 11 is 0. The van der Waals surface area contributed by atoms with Crippen molar-refractivity contribution >= 4 is 22.0 Å². The number of nitrogens with one attached hydrogen (secondary N) is 1. The number of ether oxygens (including phenoxy) is 2. The predicted octanol–water partition coefficient (Wildman–Crippen LogP) is 2.29. The molecule has 0 aliphatic carbocycles. The van der Waals surface area contributed by atoms with Gasteiger partial charge < -0.3 is 14.5 Å². The first-order valence-electron chi connectivity index (χ1n) is 12.4. The second-order valence-electron chi connectivity index (χ2n) is 4.45. The van der Waals surface area contributed by atoms with Crippen LogP contribution < -0.4 is 9.47 Å². The van der Waals surface area contributed by atoms with E-state index in [1.807, 2.05) is 0 Å². The van der Waals surface area contributed by atoms with Crippen LogP contribution in [0.25, 0.3) is 11.2 Å². The fourth-order valence-electron chi connectivity index (χ4n) is 1.89. The largest absolute Gasteiger partial charge is 0.496 e. The van der Waals surface area contributed by atoms with E-state index in [4.69, 9.17) is 21.2 Å². The van der Waals surface area contributed by atoms with Crippen molar-refractivity contribution in [2.24, 2.45) is 0 Å². The minimum atomic E-state index is -2.95. The highest BCUT2D eigenvalue weighted by Crippen LogP contribution is 2.25. The van der Waals surface area contributed by atoms with Gasteiger partial charge in [-0.05, 0) is 19.7 Å². The number of imidazole rings is 1. The van der Waals surface area contributed by atoms with Crippen LogP contribution in [0.5, 0.6) is 11.6 Å². The third kappa shape index (κ3) is 2.96. The molecule has 1 atom stereocenters. The van der Waals surface area contributed by atoms with Crippen LogP contribution in [0.4, 0.5) is 0 Å². The van der Waals surface area contributed by atoms with Crippen LogP contribution >= 0.6 is 0 Å². The number of methoxy groups -OCH3 is 2. The lowest BCUT2D eigenvalue weighted by Crippen LogP contribution is -2.05. The molecule has 0 fully saturated rings. The predicted molar refractivity (Wildman–Crippen MR) is 90.8 cm³/mol. The smallest absolute Gasteiger partial charge is 0.215 e. The van der Waals surface area contributed by atoms with Crippen LogP contribution in [0.15, 0.2) is 23.4 Å². The Kier molecular flexibility index (Phi) is 1.96. The van der Waals surface area contributed by atoms with E-state index >= 15 is 0 Å². The van der Waals surface area contributed by atoms with Crippen LogP contribution in [0.1, 0.15) is 33.3 Å². The van der Waals surface area contributed by atoms with Crippen molar-refractivity contribution in [3.8, 4) is 11.6 Å². The van der Waals surface area contributed by atoms with Crippen molar-refractivity contribution in [3.05, 3.63) is 35.1 Å². The zero-order valence-corrected chi connectivity index (χ0v) is 13.0. The summed E-state index contributed by atoms with van der Waals surface area (Å²) < 4.78 is 115.